The number of aromatic carboxylic acids is 1. The second kappa shape index (κ2) is 7.86. The molecule has 0 saturated carbocycles. The largest absolute Gasteiger partial charge is 0.535 e. The van der Waals surface area contributed by atoms with Crippen LogP contribution in [0.25, 0.3) is 0 Å². The van der Waals surface area contributed by atoms with Crippen LogP contribution in [0.1, 0.15) is 33.2 Å². The van der Waals surface area contributed by atoms with Crippen LogP contribution in [-0.2, 0) is 22.6 Å². The van der Waals surface area contributed by atoms with Crippen LogP contribution in [0.15, 0.2) is 24.7 Å². The maximum Gasteiger partial charge on any atom is 0.522 e. The zero-order valence-electron chi connectivity index (χ0n) is 15.6. The molecule has 2 aromatic rings. The van der Waals surface area contributed by atoms with Gasteiger partial charge in [-0.15, -0.1) is 0 Å². The number of aryl methyl sites for hydroxylation is 1. The molecule has 152 valence electrons. The number of benzene rings is 1. The van der Waals surface area contributed by atoms with Crippen molar-refractivity contribution in [3.8, 4) is 5.75 Å². The first kappa shape index (κ1) is 19.4. The van der Waals surface area contributed by atoms with Gasteiger partial charge in [-0.25, -0.2) is 9.78 Å². The molecule has 2 aliphatic heterocycles. The fraction of sp³-hybridized carbons (Fsp3) is 0.389. The number of hydrogen-bond donors (Lipinski definition) is 4. The van der Waals surface area contributed by atoms with E-state index < -0.39 is 19.1 Å². The SMILES string of the molecule is N[C@H](C(=O)N1CC(OCc2ccc3c(c2C(=O)O)OB(O)CC3)C1)c1cnc[nH]1. The van der Waals surface area contributed by atoms with E-state index in [1.54, 1.807) is 17.0 Å². The average molecular weight is 400 g/mol. The first-order valence-corrected chi connectivity index (χ1v) is 9.31. The smallest absolute Gasteiger partial charge is 0.522 e. The van der Waals surface area contributed by atoms with E-state index in [9.17, 15) is 19.7 Å². The van der Waals surface area contributed by atoms with Crippen molar-refractivity contribution in [2.75, 3.05) is 13.1 Å². The van der Waals surface area contributed by atoms with E-state index in [2.05, 4.69) is 9.97 Å². The zero-order valence-corrected chi connectivity index (χ0v) is 15.6. The van der Waals surface area contributed by atoms with Crippen molar-refractivity contribution < 1.29 is 29.1 Å². The number of likely N-dealkylation sites (tertiary alicyclic amines) is 1. The summed E-state index contributed by atoms with van der Waals surface area (Å²) in [6.07, 6.45) is 3.74. The number of carboxylic acid groups (broad SMARTS) is 1. The Morgan fingerprint density at radius 1 is 1.45 bits per heavy atom. The molecule has 0 aliphatic carbocycles. The Balaban J connectivity index is 1.37. The van der Waals surface area contributed by atoms with Gasteiger partial charge in [0.1, 0.15) is 17.4 Å². The zero-order chi connectivity index (χ0) is 20.5. The molecule has 1 saturated heterocycles. The van der Waals surface area contributed by atoms with Crippen molar-refractivity contribution in [2.45, 2.75) is 31.5 Å². The number of nitrogens with one attached hydrogen (secondary N) is 1. The summed E-state index contributed by atoms with van der Waals surface area (Å²) in [5.41, 5.74) is 7.70. The minimum Gasteiger partial charge on any atom is -0.535 e. The summed E-state index contributed by atoms with van der Waals surface area (Å²) in [6, 6.07) is 2.70. The summed E-state index contributed by atoms with van der Waals surface area (Å²) in [5, 5.41) is 19.3. The summed E-state index contributed by atoms with van der Waals surface area (Å²) in [6.45, 7) is 0.820. The van der Waals surface area contributed by atoms with Crippen molar-refractivity contribution in [3.63, 3.8) is 0 Å². The highest BCUT2D eigenvalue weighted by atomic mass is 16.5. The lowest BCUT2D eigenvalue weighted by Gasteiger charge is -2.40. The Labute approximate surface area is 166 Å². The molecular formula is C18H21BN4O6. The van der Waals surface area contributed by atoms with Crippen molar-refractivity contribution in [1.82, 2.24) is 14.9 Å². The molecule has 1 fully saturated rings. The van der Waals surface area contributed by atoms with E-state index in [0.717, 1.165) is 5.56 Å². The summed E-state index contributed by atoms with van der Waals surface area (Å²) < 4.78 is 11.2. The van der Waals surface area contributed by atoms with Crippen LogP contribution < -0.4 is 10.4 Å². The van der Waals surface area contributed by atoms with E-state index in [1.165, 1.54) is 12.5 Å². The summed E-state index contributed by atoms with van der Waals surface area (Å²) >= 11 is 0. The summed E-state index contributed by atoms with van der Waals surface area (Å²) in [7, 11) is -1.01. The van der Waals surface area contributed by atoms with Crippen molar-refractivity contribution in [3.05, 3.63) is 47.0 Å². The normalized spacial score (nSPS) is 17.3. The monoisotopic (exact) mass is 400 g/mol. The Hall–Kier alpha value is -2.89. The van der Waals surface area contributed by atoms with E-state index in [1.807, 2.05) is 0 Å². The van der Waals surface area contributed by atoms with Gasteiger partial charge < -0.3 is 35.1 Å². The van der Waals surface area contributed by atoms with Gasteiger partial charge in [0, 0.05) is 13.1 Å². The van der Waals surface area contributed by atoms with Gasteiger partial charge in [0.15, 0.2) is 0 Å². The van der Waals surface area contributed by atoms with E-state index in [0.29, 0.717) is 37.1 Å². The standard InChI is InChI=1S/C18H21BN4O6/c20-15(13-5-21-9-22-13)17(24)23-6-12(7-23)28-8-11-2-1-10-3-4-19(27)29-16(10)14(11)18(25)26/h1-2,5,9,12,15,27H,3-4,6-8,20H2,(H,21,22)(H,25,26)/t15-/m0/s1. The maximum absolute atomic E-state index is 12.4. The highest BCUT2D eigenvalue weighted by Crippen LogP contribution is 2.33. The van der Waals surface area contributed by atoms with Gasteiger partial charge in [-0.1, -0.05) is 12.1 Å². The number of amides is 1. The number of H-pyrrole nitrogens is 1. The number of ether oxygens (including phenoxy) is 1. The number of carbonyl (C=O) groups is 2. The van der Waals surface area contributed by atoms with E-state index in [4.69, 9.17) is 15.1 Å². The van der Waals surface area contributed by atoms with Crippen molar-refractivity contribution >= 4 is 19.0 Å². The molecule has 0 spiro atoms. The fourth-order valence-electron chi connectivity index (χ4n) is 3.52. The average Bonchev–Trinajstić information content (AvgIpc) is 3.19. The van der Waals surface area contributed by atoms with E-state index >= 15 is 0 Å². The number of nitrogens with two attached hydrogens (primary N) is 1. The third kappa shape index (κ3) is 3.84. The van der Waals surface area contributed by atoms with Crippen LogP contribution in [0, 0.1) is 0 Å². The number of carbonyl (C=O) groups excluding carboxylic acids is 1. The van der Waals surface area contributed by atoms with Crippen molar-refractivity contribution in [2.24, 2.45) is 5.73 Å². The van der Waals surface area contributed by atoms with Gasteiger partial charge in [-0.2, -0.15) is 0 Å². The topological polar surface area (TPSA) is 151 Å². The van der Waals surface area contributed by atoms with Gasteiger partial charge in [0.05, 0.1) is 30.9 Å². The molecular weight excluding hydrogens is 379 g/mol. The lowest BCUT2D eigenvalue weighted by atomic mass is 9.78. The number of fused-ring (bicyclic) bond motifs is 1. The molecule has 0 radical (unpaired) electrons. The highest BCUT2D eigenvalue weighted by molar-refractivity contribution is 6.44. The number of aromatic nitrogens is 2. The van der Waals surface area contributed by atoms with Crippen LogP contribution in [0.4, 0.5) is 0 Å². The molecule has 1 atom stereocenters. The number of nitrogens with zero attached hydrogens (tertiary/aromatic N) is 2. The maximum atomic E-state index is 12.4. The molecule has 11 heteroatoms. The Morgan fingerprint density at radius 3 is 2.93 bits per heavy atom. The van der Waals surface area contributed by atoms with Crippen LogP contribution in [0.2, 0.25) is 6.32 Å². The summed E-state index contributed by atoms with van der Waals surface area (Å²) in [5.74, 6) is -1.16. The lowest BCUT2D eigenvalue weighted by Crippen LogP contribution is -2.56. The Bertz CT molecular complexity index is 915. The molecule has 1 amide bonds. The number of carboxylic acids is 1. The molecule has 3 heterocycles. The number of aromatic amines is 1. The first-order chi connectivity index (χ1) is 13.9. The molecule has 5 N–H and O–H groups in total. The predicted octanol–water partition coefficient (Wildman–Crippen LogP) is -0.0493. The molecule has 4 rings (SSSR count). The highest BCUT2D eigenvalue weighted by Gasteiger charge is 2.35. The molecule has 1 aromatic carbocycles. The molecule has 0 unspecified atom stereocenters. The van der Waals surface area contributed by atoms with Crippen LogP contribution in [0.5, 0.6) is 5.75 Å². The minimum absolute atomic E-state index is 0.00905. The number of rotatable bonds is 6. The molecule has 29 heavy (non-hydrogen) atoms. The van der Waals surface area contributed by atoms with Crippen molar-refractivity contribution in [1.29, 1.82) is 0 Å². The van der Waals surface area contributed by atoms with Gasteiger partial charge in [-0.05, 0) is 23.9 Å². The van der Waals surface area contributed by atoms with Gasteiger partial charge in [-0.3, -0.25) is 4.79 Å². The van der Waals surface area contributed by atoms with Crippen LogP contribution in [-0.4, -0.2) is 63.2 Å². The van der Waals surface area contributed by atoms with E-state index in [-0.39, 0.29) is 29.9 Å². The fourth-order valence-corrected chi connectivity index (χ4v) is 3.52. The Morgan fingerprint density at radius 2 is 2.24 bits per heavy atom. The molecule has 1 aromatic heterocycles. The van der Waals surface area contributed by atoms with Gasteiger partial charge in [0.25, 0.3) is 0 Å². The number of imidazole rings is 1. The summed E-state index contributed by atoms with van der Waals surface area (Å²) in [4.78, 5) is 32.4. The third-order valence-electron chi connectivity index (χ3n) is 5.21. The van der Waals surface area contributed by atoms with Crippen LogP contribution >= 0.6 is 0 Å². The Kier molecular flexibility index (Phi) is 5.26. The van der Waals surface area contributed by atoms with Gasteiger partial charge in [0.2, 0.25) is 5.91 Å². The predicted molar refractivity (Wildman–Crippen MR) is 101 cm³/mol. The molecule has 2 aliphatic rings. The molecule has 10 nitrogen and oxygen atoms in total. The second-order valence-electron chi connectivity index (χ2n) is 7.17. The number of hydrogen-bond acceptors (Lipinski definition) is 7. The molecule has 0 bridgehead atoms. The van der Waals surface area contributed by atoms with Gasteiger partial charge >= 0.3 is 13.1 Å². The lowest BCUT2D eigenvalue weighted by molar-refractivity contribution is -0.147. The minimum atomic E-state index is -1.13. The third-order valence-corrected chi connectivity index (χ3v) is 5.21. The first-order valence-electron chi connectivity index (χ1n) is 9.31. The second-order valence-corrected chi connectivity index (χ2v) is 7.17. The van der Waals surface area contributed by atoms with Crippen LogP contribution in [0.3, 0.4) is 0 Å². The quantitative estimate of drug-likeness (QED) is 0.493.